The first-order valence-corrected chi connectivity index (χ1v) is 7.18. The number of hydrogen-bond acceptors (Lipinski definition) is 4. The van der Waals surface area contributed by atoms with Crippen molar-refractivity contribution in [2.24, 2.45) is 4.99 Å². The van der Waals surface area contributed by atoms with Crippen molar-refractivity contribution >= 4 is 23.5 Å². The summed E-state index contributed by atoms with van der Waals surface area (Å²) in [6.45, 7) is 3.47. The molecule has 0 aliphatic carbocycles. The summed E-state index contributed by atoms with van der Waals surface area (Å²) in [5.74, 6) is 1.27. The predicted octanol–water partition coefficient (Wildman–Crippen LogP) is 3.72. The Morgan fingerprint density at radius 2 is 1.70 bits per heavy atom. The highest BCUT2D eigenvalue weighted by atomic mass is 16.5. The molecule has 23 heavy (non-hydrogen) atoms. The molecule has 0 atom stereocenters. The van der Waals surface area contributed by atoms with Gasteiger partial charge < -0.3 is 14.8 Å². The summed E-state index contributed by atoms with van der Waals surface area (Å²) in [4.78, 5) is 15.5. The zero-order valence-electron chi connectivity index (χ0n) is 13.7. The number of aliphatic imine (C=N–C) groups is 1. The summed E-state index contributed by atoms with van der Waals surface area (Å²) in [5.41, 5.74) is 3.54. The second-order valence-electron chi connectivity index (χ2n) is 5.05. The molecule has 0 unspecified atom stereocenters. The van der Waals surface area contributed by atoms with Gasteiger partial charge >= 0.3 is 0 Å². The Bertz CT molecular complexity index is 722. The molecule has 2 aromatic rings. The van der Waals surface area contributed by atoms with Crippen molar-refractivity contribution in [2.45, 2.75) is 13.8 Å². The Morgan fingerprint density at radius 1 is 1.09 bits per heavy atom. The van der Waals surface area contributed by atoms with Gasteiger partial charge in [0, 0.05) is 18.8 Å². The molecular weight excluding hydrogens is 292 g/mol. The SMILES string of the molecule is COc1cc(C)c(C=Nc2ccc(NC(C)=O)cc2)cc1OC. The van der Waals surface area contributed by atoms with Crippen LogP contribution in [0.1, 0.15) is 18.1 Å². The molecule has 5 heteroatoms. The second-order valence-corrected chi connectivity index (χ2v) is 5.05. The molecule has 0 aromatic heterocycles. The molecule has 0 bridgehead atoms. The molecule has 0 spiro atoms. The van der Waals surface area contributed by atoms with E-state index >= 15 is 0 Å². The molecule has 5 nitrogen and oxygen atoms in total. The topological polar surface area (TPSA) is 59.9 Å². The van der Waals surface area contributed by atoms with Crippen molar-refractivity contribution in [3.8, 4) is 11.5 Å². The molecule has 0 saturated heterocycles. The van der Waals surface area contributed by atoms with E-state index < -0.39 is 0 Å². The molecule has 0 fully saturated rings. The number of hydrogen-bond donors (Lipinski definition) is 1. The third kappa shape index (κ3) is 4.32. The number of benzene rings is 2. The standard InChI is InChI=1S/C18H20N2O3/c1-12-9-17(22-3)18(23-4)10-14(12)11-19-15-5-7-16(8-6-15)20-13(2)21/h5-11H,1-4H3,(H,20,21). The van der Waals surface area contributed by atoms with Crippen LogP contribution >= 0.6 is 0 Å². The van der Waals surface area contributed by atoms with Gasteiger partial charge in [-0.25, -0.2) is 0 Å². The lowest BCUT2D eigenvalue weighted by atomic mass is 10.1. The zero-order valence-corrected chi connectivity index (χ0v) is 13.7. The van der Waals surface area contributed by atoms with Crippen LogP contribution in [0.15, 0.2) is 41.4 Å². The zero-order chi connectivity index (χ0) is 16.8. The maximum atomic E-state index is 11.0. The number of nitrogens with one attached hydrogen (secondary N) is 1. The third-order valence-corrected chi connectivity index (χ3v) is 3.31. The van der Waals surface area contributed by atoms with Crippen molar-refractivity contribution < 1.29 is 14.3 Å². The number of aryl methyl sites for hydroxylation is 1. The minimum absolute atomic E-state index is 0.0952. The first-order chi connectivity index (χ1) is 11.0. The quantitative estimate of drug-likeness (QED) is 0.856. The fraction of sp³-hybridized carbons (Fsp3) is 0.222. The summed E-state index contributed by atoms with van der Waals surface area (Å²) in [5, 5.41) is 2.72. The number of ether oxygens (including phenoxy) is 2. The van der Waals surface area contributed by atoms with Crippen LogP contribution in [-0.2, 0) is 4.79 Å². The van der Waals surface area contributed by atoms with E-state index in [4.69, 9.17) is 9.47 Å². The number of anilines is 1. The highest BCUT2D eigenvalue weighted by Gasteiger charge is 2.07. The first kappa shape index (κ1) is 16.5. The number of carbonyl (C=O) groups excluding carboxylic acids is 1. The number of nitrogens with zero attached hydrogens (tertiary/aromatic N) is 1. The van der Waals surface area contributed by atoms with E-state index in [1.54, 1.807) is 20.4 Å². The van der Waals surface area contributed by atoms with Crippen LogP contribution in [0.4, 0.5) is 11.4 Å². The van der Waals surface area contributed by atoms with Crippen molar-refractivity contribution in [2.75, 3.05) is 19.5 Å². The maximum absolute atomic E-state index is 11.0. The molecule has 1 amide bonds. The van der Waals surface area contributed by atoms with E-state index in [1.807, 2.05) is 43.3 Å². The minimum Gasteiger partial charge on any atom is -0.493 e. The van der Waals surface area contributed by atoms with Gasteiger partial charge in [-0.1, -0.05) is 0 Å². The van der Waals surface area contributed by atoms with Crippen molar-refractivity contribution in [1.82, 2.24) is 0 Å². The van der Waals surface area contributed by atoms with Crippen molar-refractivity contribution in [3.05, 3.63) is 47.5 Å². The van der Waals surface area contributed by atoms with Gasteiger partial charge in [-0.05, 0) is 54.4 Å². The summed E-state index contributed by atoms with van der Waals surface area (Å²) in [7, 11) is 3.22. The number of rotatable bonds is 5. The summed E-state index contributed by atoms with van der Waals surface area (Å²) >= 11 is 0. The molecule has 0 heterocycles. The van der Waals surface area contributed by atoms with Gasteiger partial charge in [-0.2, -0.15) is 0 Å². The predicted molar refractivity (Wildman–Crippen MR) is 92.3 cm³/mol. The van der Waals surface area contributed by atoms with E-state index in [2.05, 4.69) is 10.3 Å². The average Bonchev–Trinajstić information content (AvgIpc) is 2.54. The van der Waals surface area contributed by atoms with Crippen LogP contribution in [0.2, 0.25) is 0 Å². The Morgan fingerprint density at radius 3 is 2.26 bits per heavy atom. The monoisotopic (exact) mass is 312 g/mol. The molecule has 2 rings (SSSR count). The van der Waals surface area contributed by atoms with E-state index in [-0.39, 0.29) is 5.91 Å². The fourth-order valence-corrected chi connectivity index (χ4v) is 2.11. The largest absolute Gasteiger partial charge is 0.493 e. The summed E-state index contributed by atoms with van der Waals surface area (Å²) < 4.78 is 10.6. The molecule has 2 aromatic carbocycles. The highest BCUT2D eigenvalue weighted by molar-refractivity contribution is 5.89. The lowest BCUT2D eigenvalue weighted by molar-refractivity contribution is -0.114. The Kier molecular flexibility index (Phi) is 5.36. The smallest absolute Gasteiger partial charge is 0.221 e. The third-order valence-electron chi connectivity index (χ3n) is 3.31. The molecule has 0 saturated carbocycles. The Hall–Kier alpha value is -2.82. The molecule has 120 valence electrons. The summed E-state index contributed by atoms with van der Waals surface area (Å²) in [6, 6.07) is 11.1. The maximum Gasteiger partial charge on any atom is 0.221 e. The first-order valence-electron chi connectivity index (χ1n) is 7.18. The van der Waals surface area contributed by atoms with Crippen LogP contribution < -0.4 is 14.8 Å². The Labute approximate surface area is 136 Å². The van der Waals surface area contributed by atoms with E-state index in [1.165, 1.54) is 6.92 Å². The van der Waals surface area contributed by atoms with E-state index in [0.29, 0.717) is 11.5 Å². The minimum atomic E-state index is -0.0952. The number of amides is 1. The number of methoxy groups -OCH3 is 2. The van der Waals surface area contributed by atoms with Crippen LogP contribution in [0.25, 0.3) is 0 Å². The van der Waals surface area contributed by atoms with Gasteiger partial charge in [0.2, 0.25) is 5.91 Å². The van der Waals surface area contributed by atoms with Gasteiger partial charge in [0.15, 0.2) is 11.5 Å². The second kappa shape index (κ2) is 7.45. The van der Waals surface area contributed by atoms with E-state index in [9.17, 15) is 4.79 Å². The molecule has 0 aliphatic rings. The van der Waals surface area contributed by atoms with Gasteiger partial charge in [0.25, 0.3) is 0 Å². The molecule has 1 N–H and O–H groups in total. The number of carbonyl (C=O) groups is 1. The van der Waals surface area contributed by atoms with Crippen molar-refractivity contribution in [3.63, 3.8) is 0 Å². The van der Waals surface area contributed by atoms with Crippen LogP contribution in [0, 0.1) is 6.92 Å². The molecule has 0 radical (unpaired) electrons. The highest BCUT2D eigenvalue weighted by Crippen LogP contribution is 2.29. The molecular formula is C18H20N2O3. The van der Waals surface area contributed by atoms with Gasteiger partial charge in [-0.15, -0.1) is 0 Å². The van der Waals surface area contributed by atoms with E-state index in [0.717, 1.165) is 22.5 Å². The molecule has 0 aliphatic heterocycles. The van der Waals surface area contributed by atoms with Crippen LogP contribution in [0.3, 0.4) is 0 Å². The van der Waals surface area contributed by atoms with Gasteiger partial charge in [0.1, 0.15) is 0 Å². The van der Waals surface area contributed by atoms with Gasteiger partial charge in [-0.3, -0.25) is 9.79 Å². The normalized spacial score (nSPS) is 10.6. The Balaban J connectivity index is 2.21. The average molecular weight is 312 g/mol. The fourth-order valence-electron chi connectivity index (χ4n) is 2.11. The van der Waals surface area contributed by atoms with Crippen LogP contribution in [0.5, 0.6) is 11.5 Å². The van der Waals surface area contributed by atoms with Crippen LogP contribution in [-0.4, -0.2) is 26.3 Å². The lowest BCUT2D eigenvalue weighted by Crippen LogP contribution is -2.04. The lowest BCUT2D eigenvalue weighted by Gasteiger charge is -2.10. The van der Waals surface area contributed by atoms with Gasteiger partial charge in [0.05, 0.1) is 19.9 Å². The summed E-state index contributed by atoms with van der Waals surface area (Å²) in [6.07, 6.45) is 1.78. The van der Waals surface area contributed by atoms with Crippen molar-refractivity contribution in [1.29, 1.82) is 0 Å².